The average Bonchev–Trinajstić information content (AvgIpc) is 2.46. The van der Waals surface area contributed by atoms with Gasteiger partial charge in [0.1, 0.15) is 5.82 Å². The number of likely N-dealkylation sites (N-methyl/N-ethyl adjacent to an activating group) is 1. The minimum atomic E-state index is -0.187. The van der Waals surface area contributed by atoms with Gasteiger partial charge in [0.15, 0.2) is 0 Å². The van der Waals surface area contributed by atoms with Gasteiger partial charge in [0.25, 0.3) is 0 Å². The summed E-state index contributed by atoms with van der Waals surface area (Å²) < 4.78 is 14.1. The molecule has 2 N–H and O–H groups in total. The normalized spacial score (nSPS) is 10.6. The molecule has 0 aliphatic rings. The molecule has 0 fully saturated rings. The van der Waals surface area contributed by atoms with E-state index in [9.17, 15) is 4.39 Å². The Morgan fingerprint density at radius 3 is 2.50 bits per heavy atom. The van der Waals surface area contributed by atoms with Crippen LogP contribution in [0.15, 0.2) is 42.7 Å². The zero-order chi connectivity index (χ0) is 14.4. The van der Waals surface area contributed by atoms with Gasteiger partial charge in [-0.1, -0.05) is 6.07 Å². The van der Waals surface area contributed by atoms with Crippen molar-refractivity contribution >= 4 is 5.69 Å². The smallest absolute Gasteiger partial charge is 0.146 e. The lowest BCUT2D eigenvalue weighted by Gasteiger charge is -2.20. The highest BCUT2D eigenvalue weighted by atomic mass is 19.1. The Morgan fingerprint density at radius 2 is 1.85 bits per heavy atom. The molecule has 0 bridgehead atoms. The number of rotatable bonds is 6. The van der Waals surface area contributed by atoms with E-state index in [1.165, 1.54) is 5.56 Å². The van der Waals surface area contributed by atoms with Crippen LogP contribution in [0, 0.1) is 5.82 Å². The molecule has 0 aliphatic carbocycles. The molecule has 0 saturated heterocycles. The fourth-order valence-electron chi connectivity index (χ4n) is 2.15. The second-order valence-electron chi connectivity index (χ2n) is 4.85. The Balaban J connectivity index is 2.00. The summed E-state index contributed by atoms with van der Waals surface area (Å²) in [7, 11) is 1.90. The van der Waals surface area contributed by atoms with Crippen molar-refractivity contribution in [3.8, 4) is 0 Å². The van der Waals surface area contributed by atoms with E-state index in [4.69, 9.17) is 5.73 Å². The van der Waals surface area contributed by atoms with Crippen molar-refractivity contribution in [1.82, 2.24) is 4.98 Å². The zero-order valence-electron chi connectivity index (χ0n) is 11.7. The molecule has 20 heavy (non-hydrogen) atoms. The van der Waals surface area contributed by atoms with Crippen molar-refractivity contribution in [3.63, 3.8) is 0 Å². The first-order chi connectivity index (χ1) is 9.70. The average molecular weight is 273 g/mol. The third kappa shape index (κ3) is 3.78. The van der Waals surface area contributed by atoms with Gasteiger partial charge in [0.2, 0.25) is 0 Å². The van der Waals surface area contributed by atoms with Crippen LogP contribution in [0.1, 0.15) is 11.1 Å². The third-order valence-electron chi connectivity index (χ3n) is 3.34. The lowest BCUT2D eigenvalue weighted by Crippen LogP contribution is -2.21. The zero-order valence-corrected chi connectivity index (χ0v) is 11.7. The Kier molecular flexibility index (Phi) is 5.07. The lowest BCUT2D eigenvalue weighted by molar-refractivity contribution is 0.620. The second-order valence-corrected chi connectivity index (χ2v) is 4.85. The number of aromatic nitrogens is 1. The quantitative estimate of drug-likeness (QED) is 0.879. The number of anilines is 1. The van der Waals surface area contributed by atoms with Crippen LogP contribution in [-0.2, 0) is 12.8 Å². The topological polar surface area (TPSA) is 42.2 Å². The summed E-state index contributed by atoms with van der Waals surface area (Å²) in [4.78, 5) is 5.92. The molecule has 0 amide bonds. The number of nitrogens with zero attached hydrogens (tertiary/aromatic N) is 2. The SMILES string of the molecule is CN(CCc1ccncc1)c1ccc(CCN)cc1F. The minimum Gasteiger partial charge on any atom is -0.372 e. The molecule has 0 radical (unpaired) electrons. The number of halogens is 1. The summed E-state index contributed by atoms with van der Waals surface area (Å²) in [5.41, 5.74) is 8.25. The van der Waals surface area contributed by atoms with E-state index in [-0.39, 0.29) is 5.82 Å². The summed E-state index contributed by atoms with van der Waals surface area (Å²) in [5, 5.41) is 0. The van der Waals surface area contributed by atoms with Crippen molar-refractivity contribution in [2.24, 2.45) is 5.73 Å². The Morgan fingerprint density at radius 1 is 1.10 bits per heavy atom. The predicted octanol–water partition coefficient (Wildman–Crippen LogP) is 2.40. The molecule has 0 atom stereocenters. The molecule has 4 heteroatoms. The summed E-state index contributed by atoms with van der Waals surface area (Å²) in [6, 6.07) is 9.30. The minimum absolute atomic E-state index is 0.187. The third-order valence-corrected chi connectivity index (χ3v) is 3.34. The highest BCUT2D eigenvalue weighted by Crippen LogP contribution is 2.20. The number of hydrogen-bond acceptors (Lipinski definition) is 3. The van der Waals surface area contributed by atoms with E-state index in [1.807, 2.05) is 36.2 Å². The van der Waals surface area contributed by atoms with Crippen molar-refractivity contribution in [1.29, 1.82) is 0 Å². The van der Waals surface area contributed by atoms with Crippen molar-refractivity contribution in [2.75, 3.05) is 25.0 Å². The summed E-state index contributed by atoms with van der Waals surface area (Å²) >= 11 is 0. The van der Waals surface area contributed by atoms with Gasteiger partial charge in [-0.25, -0.2) is 4.39 Å². The molecule has 106 valence electrons. The maximum Gasteiger partial charge on any atom is 0.146 e. The largest absolute Gasteiger partial charge is 0.372 e. The molecule has 0 saturated carbocycles. The van der Waals surface area contributed by atoms with Gasteiger partial charge in [0, 0.05) is 26.0 Å². The first-order valence-corrected chi connectivity index (χ1v) is 6.79. The molecule has 0 spiro atoms. The van der Waals surface area contributed by atoms with E-state index < -0.39 is 0 Å². The van der Waals surface area contributed by atoms with Crippen LogP contribution in [0.25, 0.3) is 0 Å². The molecule has 1 aromatic heterocycles. The number of pyridine rings is 1. The highest BCUT2D eigenvalue weighted by Gasteiger charge is 2.08. The van der Waals surface area contributed by atoms with Crippen LogP contribution in [0.4, 0.5) is 10.1 Å². The second kappa shape index (κ2) is 7.01. The molecule has 0 unspecified atom stereocenters. The van der Waals surface area contributed by atoms with Crippen LogP contribution >= 0.6 is 0 Å². The molecular formula is C16H20FN3. The molecule has 3 nitrogen and oxygen atoms in total. The van der Waals surface area contributed by atoms with E-state index in [2.05, 4.69) is 4.98 Å². The Labute approximate surface area is 119 Å². The van der Waals surface area contributed by atoms with E-state index in [1.54, 1.807) is 18.5 Å². The van der Waals surface area contributed by atoms with Crippen LogP contribution in [0.2, 0.25) is 0 Å². The molecular weight excluding hydrogens is 253 g/mol. The van der Waals surface area contributed by atoms with Gasteiger partial charge in [0.05, 0.1) is 5.69 Å². The molecule has 0 aliphatic heterocycles. The lowest BCUT2D eigenvalue weighted by atomic mass is 10.1. The first-order valence-electron chi connectivity index (χ1n) is 6.79. The van der Waals surface area contributed by atoms with E-state index in [0.29, 0.717) is 18.7 Å². The number of benzene rings is 1. The Hall–Kier alpha value is -1.94. The maximum atomic E-state index is 14.1. The van der Waals surface area contributed by atoms with Gasteiger partial charge in [-0.15, -0.1) is 0 Å². The first kappa shape index (κ1) is 14.5. The van der Waals surface area contributed by atoms with Crippen LogP contribution < -0.4 is 10.6 Å². The highest BCUT2D eigenvalue weighted by molar-refractivity contribution is 5.48. The van der Waals surface area contributed by atoms with Crippen LogP contribution in [-0.4, -0.2) is 25.1 Å². The summed E-state index contributed by atoms with van der Waals surface area (Å²) in [6.07, 6.45) is 5.12. The van der Waals surface area contributed by atoms with Gasteiger partial charge in [-0.2, -0.15) is 0 Å². The van der Waals surface area contributed by atoms with E-state index in [0.717, 1.165) is 18.5 Å². The molecule has 1 aromatic carbocycles. The predicted molar refractivity (Wildman–Crippen MR) is 80.4 cm³/mol. The molecule has 2 aromatic rings. The monoisotopic (exact) mass is 273 g/mol. The summed E-state index contributed by atoms with van der Waals surface area (Å²) in [6.45, 7) is 1.30. The number of hydrogen-bond donors (Lipinski definition) is 1. The number of nitrogens with two attached hydrogens (primary N) is 1. The van der Waals surface area contributed by atoms with Crippen molar-refractivity contribution in [3.05, 3.63) is 59.7 Å². The standard InChI is InChI=1S/C16H20FN3/c1-20(11-7-13-5-9-19-10-6-13)16-3-2-14(4-8-18)12-15(16)17/h2-3,5-6,9-10,12H,4,7-8,11,18H2,1H3. The van der Waals surface area contributed by atoms with Crippen molar-refractivity contribution in [2.45, 2.75) is 12.8 Å². The Bertz CT molecular complexity index is 543. The summed E-state index contributed by atoms with van der Waals surface area (Å²) in [5.74, 6) is -0.187. The van der Waals surface area contributed by atoms with Gasteiger partial charge >= 0.3 is 0 Å². The van der Waals surface area contributed by atoms with Gasteiger partial charge in [-0.05, 0) is 54.8 Å². The van der Waals surface area contributed by atoms with Gasteiger partial charge < -0.3 is 10.6 Å². The van der Waals surface area contributed by atoms with Gasteiger partial charge in [-0.3, -0.25) is 4.98 Å². The van der Waals surface area contributed by atoms with Crippen LogP contribution in [0.5, 0.6) is 0 Å². The fourth-order valence-corrected chi connectivity index (χ4v) is 2.15. The van der Waals surface area contributed by atoms with Crippen molar-refractivity contribution < 1.29 is 4.39 Å². The van der Waals surface area contributed by atoms with Crippen LogP contribution in [0.3, 0.4) is 0 Å². The van der Waals surface area contributed by atoms with E-state index >= 15 is 0 Å². The molecule has 1 heterocycles. The molecule has 2 rings (SSSR count). The fraction of sp³-hybridized carbons (Fsp3) is 0.312. The maximum absolute atomic E-state index is 14.1.